The molecule has 0 aromatic heterocycles. The Kier molecular flexibility index (Phi) is 8.17. The van der Waals surface area contributed by atoms with E-state index in [-0.39, 0.29) is 16.9 Å². The molecule has 1 amide bonds. The lowest BCUT2D eigenvalue weighted by Crippen LogP contribution is -2.23. The highest BCUT2D eigenvalue weighted by molar-refractivity contribution is 7.89. The first-order valence-electron chi connectivity index (χ1n) is 9.29. The summed E-state index contributed by atoms with van der Waals surface area (Å²) in [6.07, 6.45) is 1.07. The third kappa shape index (κ3) is 7.07. The van der Waals surface area contributed by atoms with Crippen LogP contribution in [0.15, 0.2) is 53.4 Å². The second kappa shape index (κ2) is 10.4. The lowest BCUT2D eigenvalue weighted by atomic mass is 10.1. The van der Waals surface area contributed by atoms with Gasteiger partial charge in [-0.3, -0.25) is 4.79 Å². The molecule has 2 aromatic rings. The normalized spacial score (nSPS) is 11.6. The maximum Gasteiger partial charge on any atom is 0.240 e. The highest BCUT2D eigenvalue weighted by atomic mass is 32.2. The largest absolute Gasteiger partial charge is 0.374 e. The van der Waals surface area contributed by atoms with Crippen LogP contribution in [0, 0.1) is 0 Å². The minimum atomic E-state index is -3.44. The van der Waals surface area contributed by atoms with Gasteiger partial charge in [-0.15, -0.1) is 0 Å². The zero-order chi connectivity index (χ0) is 20.6. The first kappa shape index (κ1) is 22.1. The number of nitrogens with one attached hydrogen (secondary N) is 2. The van der Waals surface area contributed by atoms with Gasteiger partial charge in [-0.2, -0.15) is 0 Å². The lowest BCUT2D eigenvalue weighted by Gasteiger charge is -2.10. The third-order valence-corrected chi connectivity index (χ3v) is 5.64. The van der Waals surface area contributed by atoms with Gasteiger partial charge in [0.15, 0.2) is 0 Å². The highest BCUT2D eigenvalue weighted by Gasteiger charge is 2.10. The standard InChI is InChI=1S/C21H28N2O4S/c1-16(2)27-15-19-6-4-5-18(13-19)14-23-21(24)12-9-17-7-10-20(11-8-17)28(25,26)22-3/h4-8,10-11,13,16,22H,9,12,14-15H2,1-3H3,(H,23,24). The summed E-state index contributed by atoms with van der Waals surface area (Å²) < 4.78 is 31.3. The van der Waals surface area contributed by atoms with E-state index in [1.165, 1.54) is 7.05 Å². The van der Waals surface area contributed by atoms with Crippen LogP contribution in [0.4, 0.5) is 0 Å². The van der Waals surface area contributed by atoms with Crippen molar-refractivity contribution in [1.82, 2.24) is 10.0 Å². The molecule has 0 atom stereocenters. The SMILES string of the molecule is CNS(=O)(=O)c1ccc(CCC(=O)NCc2cccc(COC(C)C)c2)cc1. The van der Waals surface area contributed by atoms with Crippen molar-refractivity contribution in [1.29, 1.82) is 0 Å². The minimum absolute atomic E-state index is 0.0456. The minimum Gasteiger partial charge on any atom is -0.374 e. The summed E-state index contributed by atoms with van der Waals surface area (Å²) in [5, 5.41) is 2.92. The van der Waals surface area contributed by atoms with Gasteiger partial charge in [0.1, 0.15) is 0 Å². The number of aryl methyl sites for hydroxylation is 1. The second-order valence-corrected chi connectivity index (χ2v) is 8.69. The molecule has 0 spiro atoms. The van der Waals surface area contributed by atoms with Crippen molar-refractivity contribution in [2.24, 2.45) is 0 Å². The predicted octanol–water partition coefficient (Wildman–Crippen LogP) is 2.77. The van der Waals surface area contributed by atoms with Gasteiger partial charge in [0, 0.05) is 13.0 Å². The van der Waals surface area contributed by atoms with E-state index in [9.17, 15) is 13.2 Å². The Morgan fingerprint density at radius 2 is 1.71 bits per heavy atom. The van der Waals surface area contributed by atoms with Gasteiger partial charge in [0.25, 0.3) is 0 Å². The Balaban J connectivity index is 1.81. The van der Waals surface area contributed by atoms with E-state index in [1.54, 1.807) is 24.3 Å². The summed E-state index contributed by atoms with van der Waals surface area (Å²) in [4.78, 5) is 12.3. The van der Waals surface area contributed by atoms with E-state index in [0.29, 0.717) is 26.0 Å². The summed E-state index contributed by atoms with van der Waals surface area (Å²) in [7, 11) is -2.06. The Morgan fingerprint density at radius 3 is 2.36 bits per heavy atom. The van der Waals surface area contributed by atoms with Gasteiger partial charge in [-0.1, -0.05) is 36.4 Å². The van der Waals surface area contributed by atoms with Gasteiger partial charge in [0.05, 0.1) is 17.6 Å². The van der Waals surface area contributed by atoms with Gasteiger partial charge in [-0.25, -0.2) is 13.1 Å². The molecule has 0 heterocycles. The number of sulfonamides is 1. The van der Waals surface area contributed by atoms with Crippen LogP contribution in [-0.4, -0.2) is 27.5 Å². The molecule has 0 bridgehead atoms. The van der Waals surface area contributed by atoms with Crippen LogP contribution in [-0.2, 0) is 39.1 Å². The fraction of sp³-hybridized carbons (Fsp3) is 0.381. The quantitative estimate of drug-likeness (QED) is 0.638. The fourth-order valence-electron chi connectivity index (χ4n) is 2.59. The summed E-state index contributed by atoms with van der Waals surface area (Å²) in [5.41, 5.74) is 3.02. The predicted molar refractivity (Wildman–Crippen MR) is 109 cm³/mol. The van der Waals surface area contributed by atoms with E-state index in [2.05, 4.69) is 10.0 Å². The zero-order valence-electron chi connectivity index (χ0n) is 16.6. The zero-order valence-corrected chi connectivity index (χ0v) is 17.4. The fourth-order valence-corrected chi connectivity index (χ4v) is 3.32. The molecule has 0 radical (unpaired) electrons. The van der Waals surface area contributed by atoms with Crippen molar-refractivity contribution in [3.63, 3.8) is 0 Å². The molecule has 0 unspecified atom stereocenters. The summed E-state index contributed by atoms with van der Waals surface area (Å²) in [6.45, 7) is 5.01. The van der Waals surface area contributed by atoms with E-state index in [1.807, 2.05) is 38.1 Å². The third-order valence-electron chi connectivity index (χ3n) is 4.21. The van der Waals surface area contributed by atoms with Crippen molar-refractivity contribution in [3.8, 4) is 0 Å². The smallest absolute Gasteiger partial charge is 0.240 e. The van der Waals surface area contributed by atoms with Gasteiger partial charge in [-0.05, 0) is 56.1 Å². The Morgan fingerprint density at radius 1 is 1.04 bits per heavy atom. The van der Waals surface area contributed by atoms with E-state index >= 15 is 0 Å². The summed E-state index contributed by atoms with van der Waals surface area (Å²) in [5.74, 6) is -0.0456. The second-order valence-electron chi connectivity index (χ2n) is 6.81. The maximum atomic E-state index is 12.1. The van der Waals surface area contributed by atoms with Gasteiger partial charge < -0.3 is 10.1 Å². The van der Waals surface area contributed by atoms with E-state index in [0.717, 1.165) is 16.7 Å². The number of benzene rings is 2. The average molecular weight is 405 g/mol. The number of carbonyl (C=O) groups is 1. The summed E-state index contributed by atoms with van der Waals surface area (Å²) >= 11 is 0. The van der Waals surface area contributed by atoms with Crippen LogP contribution in [0.1, 0.15) is 37.0 Å². The Bertz CT molecular complexity index is 878. The lowest BCUT2D eigenvalue weighted by molar-refractivity contribution is -0.121. The van der Waals surface area contributed by atoms with Crippen LogP contribution in [0.25, 0.3) is 0 Å². The molecule has 7 heteroatoms. The van der Waals surface area contributed by atoms with Crippen molar-refractivity contribution in [3.05, 3.63) is 65.2 Å². The van der Waals surface area contributed by atoms with Crippen molar-refractivity contribution < 1.29 is 17.9 Å². The first-order chi connectivity index (χ1) is 13.3. The molecule has 2 aromatic carbocycles. The van der Waals surface area contributed by atoms with Gasteiger partial charge >= 0.3 is 0 Å². The topological polar surface area (TPSA) is 84.5 Å². The van der Waals surface area contributed by atoms with E-state index in [4.69, 9.17) is 4.74 Å². The molecular weight excluding hydrogens is 376 g/mol. The van der Waals surface area contributed by atoms with Crippen molar-refractivity contribution in [2.75, 3.05) is 7.05 Å². The molecule has 2 N–H and O–H groups in total. The van der Waals surface area contributed by atoms with Crippen LogP contribution >= 0.6 is 0 Å². The molecule has 0 aliphatic heterocycles. The van der Waals surface area contributed by atoms with Crippen LogP contribution in [0.2, 0.25) is 0 Å². The molecule has 0 saturated carbocycles. The first-order valence-corrected chi connectivity index (χ1v) is 10.8. The number of carbonyl (C=O) groups excluding carboxylic acids is 1. The number of ether oxygens (including phenoxy) is 1. The molecule has 6 nitrogen and oxygen atoms in total. The molecule has 0 saturated heterocycles. The molecular formula is C21H28N2O4S. The molecule has 2 rings (SSSR count). The van der Waals surface area contributed by atoms with E-state index < -0.39 is 10.0 Å². The average Bonchev–Trinajstić information content (AvgIpc) is 2.69. The van der Waals surface area contributed by atoms with Crippen LogP contribution in [0.5, 0.6) is 0 Å². The highest BCUT2D eigenvalue weighted by Crippen LogP contribution is 2.12. The summed E-state index contributed by atoms with van der Waals surface area (Å²) in [6, 6.07) is 14.5. The number of rotatable bonds is 10. The van der Waals surface area contributed by atoms with Crippen LogP contribution < -0.4 is 10.0 Å². The monoisotopic (exact) mass is 404 g/mol. The van der Waals surface area contributed by atoms with Crippen molar-refractivity contribution in [2.45, 2.75) is 50.8 Å². The molecule has 152 valence electrons. The Labute approximate surface area is 167 Å². The number of amides is 1. The molecule has 28 heavy (non-hydrogen) atoms. The molecule has 0 aliphatic carbocycles. The van der Waals surface area contributed by atoms with Gasteiger partial charge in [0.2, 0.25) is 15.9 Å². The van der Waals surface area contributed by atoms with Crippen LogP contribution in [0.3, 0.4) is 0 Å². The van der Waals surface area contributed by atoms with Crippen molar-refractivity contribution >= 4 is 15.9 Å². The molecule has 0 aliphatic rings. The number of hydrogen-bond acceptors (Lipinski definition) is 4. The maximum absolute atomic E-state index is 12.1. The molecule has 0 fully saturated rings. The Hall–Kier alpha value is -2.22. The number of hydrogen-bond donors (Lipinski definition) is 2.